The molecule has 2 heterocycles. The fraction of sp³-hybridized carbons (Fsp3) is 0.950. The van der Waals surface area contributed by atoms with E-state index in [2.05, 4.69) is 31.3 Å². The first-order valence-corrected chi connectivity index (χ1v) is 30.9. The molecule has 1 amide bonds. The number of aliphatic hydroxyl groups is 8. The minimum absolute atomic E-state index is 0.212. The fourth-order valence-corrected chi connectivity index (χ4v) is 10.5. The lowest BCUT2D eigenvalue weighted by Gasteiger charge is -2.46. The molecule has 2 aliphatic heterocycles. The van der Waals surface area contributed by atoms with Crippen molar-refractivity contribution < 1.29 is 64.6 Å². The van der Waals surface area contributed by atoms with Gasteiger partial charge in [-0.15, -0.1) is 0 Å². The van der Waals surface area contributed by atoms with Gasteiger partial charge in [0.1, 0.15) is 48.8 Å². The molecule has 2 saturated heterocycles. The molecule has 0 aromatic carbocycles. The second-order valence-corrected chi connectivity index (χ2v) is 22.2. The predicted octanol–water partition coefficient (Wildman–Crippen LogP) is 10.7. The van der Waals surface area contributed by atoms with Gasteiger partial charge in [-0.25, -0.2) is 0 Å². The number of allylic oxidation sites excluding steroid dienone is 2. The number of unbranched alkanes of at least 4 members (excludes halogenated alkanes) is 35. The summed E-state index contributed by atoms with van der Waals surface area (Å²) in [6.45, 7) is 2.88. The van der Waals surface area contributed by atoms with Crippen LogP contribution < -0.4 is 5.32 Å². The molecule has 0 aliphatic carbocycles. The highest BCUT2D eigenvalue weighted by molar-refractivity contribution is 5.76. The van der Waals surface area contributed by atoms with E-state index in [1.807, 2.05) is 0 Å². The highest BCUT2D eigenvalue weighted by atomic mass is 16.7. The fourth-order valence-electron chi connectivity index (χ4n) is 10.5. The zero-order valence-electron chi connectivity index (χ0n) is 47.1. The molecule has 14 nitrogen and oxygen atoms in total. The van der Waals surface area contributed by atoms with Crippen LogP contribution in [-0.4, -0.2) is 140 Å². The van der Waals surface area contributed by atoms with E-state index in [9.17, 15) is 45.6 Å². The standard InChI is InChI=1S/C60H115NO13/c1-3-5-7-9-11-13-15-17-19-20-21-22-23-24-25-26-27-28-30-31-33-35-37-39-41-43-49(64)48(61-52(65)44-42-40-38-36-34-32-29-18-16-14-12-10-8-6-4-2)47-71-59-57(70)55(68)58(51(46-63)73-59)74-60-56(69)54(67)53(66)50(45-62)72-60/h18,29,48-51,53-60,62-64,66-70H,3-17,19-28,30-47H2,1-2H3,(H,61,65)/b29-18-. The van der Waals surface area contributed by atoms with Crippen LogP contribution >= 0.6 is 0 Å². The van der Waals surface area contributed by atoms with E-state index in [4.69, 9.17) is 18.9 Å². The van der Waals surface area contributed by atoms with Gasteiger partial charge in [-0.2, -0.15) is 0 Å². The Hall–Kier alpha value is -1.27. The zero-order chi connectivity index (χ0) is 53.9. The molecule has 9 N–H and O–H groups in total. The number of rotatable bonds is 50. The Kier molecular flexibility index (Phi) is 43.4. The molecule has 12 unspecified atom stereocenters. The highest BCUT2D eigenvalue weighted by Crippen LogP contribution is 2.30. The van der Waals surface area contributed by atoms with Crippen molar-refractivity contribution in [3.05, 3.63) is 12.2 Å². The number of nitrogens with one attached hydrogen (secondary N) is 1. The first-order valence-electron chi connectivity index (χ1n) is 30.9. The molecular formula is C60H115NO13. The van der Waals surface area contributed by atoms with E-state index in [1.54, 1.807) is 0 Å². The van der Waals surface area contributed by atoms with Crippen LogP contribution in [0.4, 0.5) is 0 Å². The second kappa shape index (κ2) is 46.6. The Morgan fingerprint density at radius 1 is 0.473 bits per heavy atom. The number of hydrogen-bond acceptors (Lipinski definition) is 13. The molecule has 12 atom stereocenters. The van der Waals surface area contributed by atoms with E-state index < -0.39 is 86.8 Å². The van der Waals surface area contributed by atoms with Crippen LogP contribution in [0.3, 0.4) is 0 Å². The van der Waals surface area contributed by atoms with Crippen molar-refractivity contribution in [1.29, 1.82) is 0 Å². The number of aliphatic hydroxyl groups excluding tert-OH is 8. The van der Waals surface area contributed by atoms with Crippen molar-refractivity contribution in [2.24, 2.45) is 0 Å². The molecule has 438 valence electrons. The van der Waals surface area contributed by atoms with Crippen molar-refractivity contribution in [1.82, 2.24) is 5.32 Å². The van der Waals surface area contributed by atoms with Gasteiger partial charge in [-0.05, 0) is 38.5 Å². The lowest BCUT2D eigenvalue weighted by molar-refractivity contribution is -0.359. The van der Waals surface area contributed by atoms with Gasteiger partial charge in [0, 0.05) is 6.42 Å². The third kappa shape index (κ3) is 32.0. The van der Waals surface area contributed by atoms with Crippen molar-refractivity contribution in [2.45, 2.75) is 344 Å². The maximum atomic E-state index is 13.3. The summed E-state index contributed by atoms with van der Waals surface area (Å²) >= 11 is 0. The van der Waals surface area contributed by atoms with Crippen LogP contribution in [-0.2, 0) is 23.7 Å². The Balaban J connectivity index is 1.71. The second-order valence-electron chi connectivity index (χ2n) is 22.2. The summed E-state index contributed by atoms with van der Waals surface area (Å²) in [4.78, 5) is 13.3. The van der Waals surface area contributed by atoms with Crippen molar-refractivity contribution >= 4 is 5.91 Å². The molecule has 2 aliphatic rings. The van der Waals surface area contributed by atoms with Crippen LogP contribution in [0, 0.1) is 0 Å². The average molecular weight is 1060 g/mol. The normalized spacial score (nSPS) is 25.2. The monoisotopic (exact) mass is 1060 g/mol. The molecule has 0 aromatic heterocycles. The zero-order valence-corrected chi connectivity index (χ0v) is 47.1. The predicted molar refractivity (Wildman–Crippen MR) is 295 cm³/mol. The summed E-state index contributed by atoms with van der Waals surface area (Å²) in [5.41, 5.74) is 0. The highest BCUT2D eigenvalue weighted by Gasteiger charge is 2.51. The molecule has 0 radical (unpaired) electrons. The summed E-state index contributed by atoms with van der Waals surface area (Å²) in [5, 5.41) is 87.3. The van der Waals surface area contributed by atoms with E-state index in [-0.39, 0.29) is 12.5 Å². The van der Waals surface area contributed by atoms with E-state index in [0.29, 0.717) is 19.3 Å². The van der Waals surface area contributed by atoms with Gasteiger partial charge in [0.15, 0.2) is 12.6 Å². The number of ether oxygens (including phenoxy) is 4. The van der Waals surface area contributed by atoms with Crippen LogP contribution in [0.1, 0.15) is 271 Å². The summed E-state index contributed by atoms with van der Waals surface area (Å²) in [5.74, 6) is -0.212. The number of amides is 1. The third-order valence-electron chi connectivity index (χ3n) is 15.5. The van der Waals surface area contributed by atoms with Crippen LogP contribution in [0.2, 0.25) is 0 Å². The maximum absolute atomic E-state index is 13.3. The molecule has 14 heteroatoms. The Bertz CT molecular complexity index is 1290. The van der Waals surface area contributed by atoms with Crippen molar-refractivity contribution in [3.63, 3.8) is 0 Å². The topological polar surface area (TPSA) is 228 Å². The lowest BCUT2D eigenvalue weighted by Crippen LogP contribution is -2.65. The largest absolute Gasteiger partial charge is 0.394 e. The van der Waals surface area contributed by atoms with Gasteiger partial charge >= 0.3 is 0 Å². The number of carbonyl (C=O) groups excluding carboxylic acids is 1. The van der Waals surface area contributed by atoms with E-state index in [1.165, 1.54) is 173 Å². The number of carbonyl (C=O) groups is 1. The molecule has 0 bridgehead atoms. The quantitative estimate of drug-likeness (QED) is 0.0204. The van der Waals surface area contributed by atoms with Crippen LogP contribution in [0.5, 0.6) is 0 Å². The van der Waals surface area contributed by atoms with Gasteiger partial charge in [-0.1, -0.05) is 238 Å². The minimum Gasteiger partial charge on any atom is -0.394 e. The molecule has 2 fully saturated rings. The smallest absolute Gasteiger partial charge is 0.220 e. The molecule has 0 spiro atoms. The van der Waals surface area contributed by atoms with Crippen molar-refractivity contribution in [3.8, 4) is 0 Å². The molecular weight excluding hydrogens is 943 g/mol. The van der Waals surface area contributed by atoms with Gasteiger partial charge in [-0.3, -0.25) is 4.79 Å². The number of hydrogen-bond donors (Lipinski definition) is 9. The van der Waals surface area contributed by atoms with E-state index >= 15 is 0 Å². The van der Waals surface area contributed by atoms with Gasteiger partial charge < -0.3 is 65.1 Å². The Labute approximate surface area is 450 Å². The Morgan fingerprint density at radius 3 is 1.28 bits per heavy atom. The SMILES string of the molecule is CCCCCCCC/C=C\CCCCCCCC(=O)NC(COC1OC(CO)C(OC2OC(CO)C(O)C(O)C2O)C(O)C1O)C(O)CCCCCCCCCCCCCCCCCCCCCCCCCCC. The lowest BCUT2D eigenvalue weighted by atomic mass is 9.97. The summed E-state index contributed by atoms with van der Waals surface area (Å²) in [7, 11) is 0. The van der Waals surface area contributed by atoms with Gasteiger partial charge in [0.25, 0.3) is 0 Å². The van der Waals surface area contributed by atoms with Crippen molar-refractivity contribution in [2.75, 3.05) is 19.8 Å². The maximum Gasteiger partial charge on any atom is 0.220 e. The van der Waals surface area contributed by atoms with E-state index in [0.717, 1.165) is 64.2 Å². The summed E-state index contributed by atoms with van der Waals surface area (Å²) in [6, 6.07) is -0.830. The first-order chi connectivity index (χ1) is 36.1. The third-order valence-corrected chi connectivity index (χ3v) is 15.5. The molecule has 2 rings (SSSR count). The molecule has 0 aromatic rings. The Morgan fingerprint density at radius 2 is 0.851 bits per heavy atom. The van der Waals surface area contributed by atoms with Crippen LogP contribution in [0.15, 0.2) is 12.2 Å². The minimum atomic E-state index is -1.78. The summed E-state index contributed by atoms with van der Waals surface area (Å²) < 4.78 is 22.8. The average Bonchev–Trinajstić information content (AvgIpc) is 3.40. The summed E-state index contributed by atoms with van der Waals surface area (Å²) in [6.07, 6.45) is 36.5. The molecule has 0 saturated carbocycles. The first kappa shape index (κ1) is 68.8. The van der Waals surface area contributed by atoms with Crippen LogP contribution in [0.25, 0.3) is 0 Å². The molecule has 74 heavy (non-hydrogen) atoms. The van der Waals surface area contributed by atoms with Gasteiger partial charge in [0.05, 0.1) is 32.0 Å². The van der Waals surface area contributed by atoms with Gasteiger partial charge in [0.2, 0.25) is 5.91 Å².